The zero-order valence-electron chi connectivity index (χ0n) is 10.5. The van der Waals surface area contributed by atoms with Crippen LogP contribution in [0.5, 0.6) is 0 Å². The Morgan fingerprint density at radius 3 is 2.89 bits per heavy atom. The maximum Gasteiger partial charge on any atom is 0.309 e. The van der Waals surface area contributed by atoms with Gasteiger partial charge in [-0.25, -0.2) is 4.98 Å². The molecule has 2 N–H and O–H groups in total. The molecule has 19 heavy (non-hydrogen) atoms. The maximum absolute atomic E-state index is 11.8. The highest BCUT2D eigenvalue weighted by Gasteiger charge is 2.12. The summed E-state index contributed by atoms with van der Waals surface area (Å²) in [6.45, 7) is 0. The molecule has 1 amide bonds. The van der Waals surface area contributed by atoms with Crippen LogP contribution in [0.4, 0.5) is 5.13 Å². The van der Waals surface area contributed by atoms with Crippen LogP contribution in [-0.2, 0) is 16.0 Å². The van der Waals surface area contributed by atoms with Gasteiger partial charge in [-0.15, -0.1) is 11.3 Å². The Hall–Kier alpha value is -1.69. The summed E-state index contributed by atoms with van der Waals surface area (Å²) in [6, 6.07) is 0. The normalized spacial score (nSPS) is 14.8. The van der Waals surface area contributed by atoms with Crippen molar-refractivity contribution >= 4 is 28.3 Å². The van der Waals surface area contributed by atoms with Crippen LogP contribution in [0.3, 0.4) is 0 Å². The Balaban J connectivity index is 1.86. The number of hydrogen-bond donors (Lipinski definition) is 2. The van der Waals surface area contributed by atoms with Crippen molar-refractivity contribution in [1.29, 1.82) is 0 Å². The first-order chi connectivity index (χ1) is 9.13. The van der Waals surface area contributed by atoms with Crippen molar-refractivity contribution in [3.8, 4) is 0 Å². The SMILES string of the molecule is O=C(O)Cc1csc(NC(=O)CC2=CCCCC2)n1. The number of hydrogen-bond acceptors (Lipinski definition) is 4. The summed E-state index contributed by atoms with van der Waals surface area (Å²) >= 11 is 1.26. The molecule has 1 aliphatic carbocycles. The second kappa shape index (κ2) is 6.47. The summed E-state index contributed by atoms with van der Waals surface area (Å²) in [6.07, 6.45) is 6.85. The van der Waals surface area contributed by atoms with E-state index in [1.54, 1.807) is 5.38 Å². The van der Waals surface area contributed by atoms with Crippen molar-refractivity contribution in [3.63, 3.8) is 0 Å². The molecule has 102 valence electrons. The number of rotatable bonds is 5. The number of aromatic nitrogens is 1. The Kier molecular flexibility index (Phi) is 4.68. The minimum Gasteiger partial charge on any atom is -0.481 e. The van der Waals surface area contributed by atoms with E-state index in [0.717, 1.165) is 19.3 Å². The van der Waals surface area contributed by atoms with Gasteiger partial charge in [-0.3, -0.25) is 9.59 Å². The lowest BCUT2D eigenvalue weighted by molar-refractivity contribution is -0.136. The fraction of sp³-hybridized carbons (Fsp3) is 0.462. The molecule has 2 rings (SSSR count). The van der Waals surface area contributed by atoms with Crippen LogP contribution in [0, 0.1) is 0 Å². The first-order valence-electron chi connectivity index (χ1n) is 6.27. The first-order valence-corrected chi connectivity index (χ1v) is 7.15. The number of thiazole rings is 1. The van der Waals surface area contributed by atoms with E-state index in [4.69, 9.17) is 5.11 Å². The Bertz CT molecular complexity index is 508. The van der Waals surface area contributed by atoms with Gasteiger partial charge >= 0.3 is 5.97 Å². The molecule has 0 aliphatic heterocycles. The van der Waals surface area contributed by atoms with E-state index in [0.29, 0.717) is 17.2 Å². The van der Waals surface area contributed by atoms with Gasteiger partial charge in [-0.1, -0.05) is 11.6 Å². The van der Waals surface area contributed by atoms with Crippen molar-refractivity contribution in [2.75, 3.05) is 5.32 Å². The van der Waals surface area contributed by atoms with E-state index in [1.807, 2.05) is 0 Å². The number of aliphatic carboxylic acids is 1. The summed E-state index contributed by atoms with van der Waals surface area (Å²) in [5.74, 6) is -1.00. The highest BCUT2D eigenvalue weighted by molar-refractivity contribution is 7.13. The third-order valence-electron chi connectivity index (χ3n) is 2.90. The number of carboxylic acid groups (broad SMARTS) is 1. The van der Waals surface area contributed by atoms with E-state index in [1.165, 1.54) is 23.3 Å². The number of amides is 1. The Labute approximate surface area is 115 Å². The summed E-state index contributed by atoms with van der Waals surface area (Å²) in [7, 11) is 0. The van der Waals surface area contributed by atoms with Gasteiger partial charge in [0.2, 0.25) is 5.91 Å². The largest absolute Gasteiger partial charge is 0.481 e. The van der Waals surface area contributed by atoms with E-state index >= 15 is 0 Å². The zero-order chi connectivity index (χ0) is 13.7. The van der Waals surface area contributed by atoms with Crippen LogP contribution < -0.4 is 5.32 Å². The van der Waals surface area contributed by atoms with Crippen molar-refractivity contribution in [2.45, 2.75) is 38.5 Å². The molecule has 1 aromatic heterocycles. The fourth-order valence-corrected chi connectivity index (χ4v) is 2.76. The van der Waals surface area contributed by atoms with Crippen LogP contribution in [0.1, 0.15) is 37.8 Å². The molecule has 0 atom stereocenters. The average Bonchev–Trinajstić information content (AvgIpc) is 2.76. The van der Waals surface area contributed by atoms with Gasteiger partial charge in [0.1, 0.15) is 0 Å². The molecule has 0 fully saturated rings. The van der Waals surface area contributed by atoms with Crippen molar-refractivity contribution in [3.05, 3.63) is 22.7 Å². The summed E-state index contributed by atoms with van der Waals surface area (Å²) in [5.41, 5.74) is 1.66. The van der Waals surface area contributed by atoms with Crippen LogP contribution in [0.15, 0.2) is 17.0 Å². The lowest BCUT2D eigenvalue weighted by Crippen LogP contribution is -2.13. The Morgan fingerprint density at radius 2 is 2.21 bits per heavy atom. The molecule has 0 unspecified atom stereocenters. The minimum absolute atomic E-state index is 0.0793. The molecule has 6 heteroatoms. The highest BCUT2D eigenvalue weighted by atomic mass is 32.1. The van der Waals surface area contributed by atoms with Gasteiger partial charge in [0.25, 0.3) is 0 Å². The lowest BCUT2D eigenvalue weighted by Gasteiger charge is -2.11. The van der Waals surface area contributed by atoms with Crippen LogP contribution >= 0.6 is 11.3 Å². The smallest absolute Gasteiger partial charge is 0.309 e. The predicted octanol–water partition coefficient (Wildman–Crippen LogP) is 2.60. The molecule has 1 heterocycles. The molecule has 0 bridgehead atoms. The number of allylic oxidation sites excluding steroid dienone is 1. The van der Waals surface area contributed by atoms with Gasteiger partial charge in [0.05, 0.1) is 12.1 Å². The molecule has 0 saturated heterocycles. The van der Waals surface area contributed by atoms with Gasteiger partial charge in [-0.05, 0) is 25.7 Å². The van der Waals surface area contributed by atoms with Crippen LogP contribution in [0.25, 0.3) is 0 Å². The number of carbonyl (C=O) groups excluding carboxylic acids is 1. The standard InChI is InChI=1S/C13H16N2O3S/c16-11(6-9-4-2-1-3-5-9)15-13-14-10(8-19-13)7-12(17)18/h4,8H,1-3,5-7H2,(H,17,18)(H,14,15,16). The van der Waals surface area contributed by atoms with Gasteiger partial charge in [0.15, 0.2) is 5.13 Å². The average molecular weight is 280 g/mol. The first kappa shape index (κ1) is 13.7. The fourth-order valence-electron chi connectivity index (χ4n) is 2.04. The van der Waals surface area contributed by atoms with Crippen LogP contribution in [-0.4, -0.2) is 22.0 Å². The molecule has 0 spiro atoms. The monoisotopic (exact) mass is 280 g/mol. The number of nitrogens with one attached hydrogen (secondary N) is 1. The molecular weight excluding hydrogens is 264 g/mol. The lowest BCUT2D eigenvalue weighted by atomic mass is 9.97. The van der Waals surface area contributed by atoms with E-state index in [-0.39, 0.29) is 12.3 Å². The predicted molar refractivity (Wildman–Crippen MR) is 73.3 cm³/mol. The highest BCUT2D eigenvalue weighted by Crippen LogP contribution is 2.21. The zero-order valence-corrected chi connectivity index (χ0v) is 11.3. The second-order valence-corrected chi connectivity index (χ2v) is 5.41. The van der Waals surface area contributed by atoms with Crippen LogP contribution in [0.2, 0.25) is 0 Å². The summed E-state index contributed by atoms with van der Waals surface area (Å²) in [4.78, 5) is 26.4. The number of nitrogens with zero attached hydrogens (tertiary/aromatic N) is 1. The summed E-state index contributed by atoms with van der Waals surface area (Å²) in [5, 5.41) is 13.5. The summed E-state index contributed by atoms with van der Waals surface area (Å²) < 4.78 is 0. The number of anilines is 1. The molecule has 5 nitrogen and oxygen atoms in total. The van der Waals surface area contributed by atoms with Gasteiger partial charge in [0, 0.05) is 11.8 Å². The maximum atomic E-state index is 11.8. The number of carboxylic acids is 1. The molecular formula is C13H16N2O3S. The van der Waals surface area contributed by atoms with E-state index < -0.39 is 5.97 Å². The van der Waals surface area contributed by atoms with Gasteiger partial charge in [-0.2, -0.15) is 0 Å². The molecule has 0 radical (unpaired) electrons. The van der Waals surface area contributed by atoms with E-state index in [9.17, 15) is 9.59 Å². The molecule has 1 aromatic rings. The minimum atomic E-state index is -0.921. The topological polar surface area (TPSA) is 79.3 Å². The Morgan fingerprint density at radius 1 is 1.37 bits per heavy atom. The third kappa shape index (κ3) is 4.48. The van der Waals surface area contributed by atoms with Gasteiger partial charge < -0.3 is 10.4 Å². The molecule has 0 aromatic carbocycles. The third-order valence-corrected chi connectivity index (χ3v) is 3.71. The van der Waals surface area contributed by atoms with Crippen molar-refractivity contribution in [2.24, 2.45) is 0 Å². The van der Waals surface area contributed by atoms with Crippen molar-refractivity contribution in [1.82, 2.24) is 4.98 Å². The van der Waals surface area contributed by atoms with E-state index in [2.05, 4.69) is 16.4 Å². The second-order valence-electron chi connectivity index (χ2n) is 4.55. The number of carbonyl (C=O) groups is 2. The molecule has 1 aliphatic rings. The molecule has 0 saturated carbocycles. The quantitative estimate of drug-likeness (QED) is 0.812. The van der Waals surface area contributed by atoms with Crippen molar-refractivity contribution < 1.29 is 14.7 Å².